The third kappa shape index (κ3) is 2.72. The fraction of sp³-hybridized carbons (Fsp3) is 0.714. The van der Waals surface area contributed by atoms with E-state index in [0.717, 1.165) is 16.9 Å². The SMILES string of the molecule is COC(=O)Cn1nc(C)c(B2OC(C)(C)C(C)(C)O2)c1C. The van der Waals surface area contributed by atoms with Gasteiger partial charge in [0.15, 0.2) is 0 Å². The van der Waals surface area contributed by atoms with Crippen LogP contribution in [0.3, 0.4) is 0 Å². The van der Waals surface area contributed by atoms with Crippen molar-refractivity contribution >= 4 is 18.6 Å². The van der Waals surface area contributed by atoms with Crippen molar-refractivity contribution in [1.82, 2.24) is 9.78 Å². The van der Waals surface area contributed by atoms with Crippen molar-refractivity contribution in [2.75, 3.05) is 7.11 Å². The van der Waals surface area contributed by atoms with Gasteiger partial charge in [0.1, 0.15) is 6.54 Å². The van der Waals surface area contributed by atoms with Crippen molar-refractivity contribution in [2.24, 2.45) is 0 Å². The van der Waals surface area contributed by atoms with E-state index >= 15 is 0 Å². The molecule has 116 valence electrons. The van der Waals surface area contributed by atoms with Gasteiger partial charge in [-0.2, -0.15) is 5.10 Å². The molecule has 2 heterocycles. The van der Waals surface area contributed by atoms with E-state index in [2.05, 4.69) is 9.84 Å². The minimum absolute atomic E-state index is 0.0860. The van der Waals surface area contributed by atoms with Crippen molar-refractivity contribution in [2.45, 2.75) is 59.3 Å². The fourth-order valence-electron chi connectivity index (χ4n) is 2.35. The molecular formula is C14H23BN2O4. The van der Waals surface area contributed by atoms with E-state index in [1.807, 2.05) is 41.5 Å². The molecule has 0 N–H and O–H groups in total. The zero-order chi connectivity index (χ0) is 16.0. The van der Waals surface area contributed by atoms with Gasteiger partial charge in [-0.15, -0.1) is 0 Å². The molecule has 0 aromatic carbocycles. The van der Waals surface area contributed by atoms with Gasteiger partial charge >= 0.3 is 13.1 Å². The summed E-state index contributed by atoms with van der Waals surface area (Å²) in [5.74, 6) is -0.332. The highest BCUT2D eigenvalue weighted by atomic mass is 16.7. The van der Waals surface area contributed by atoms with Crippen molar-refractivity contribution in [3.63, 3.8) is 0 Å². The van der Waals surface area contributed by atoms with Crippen LogP contribution < -0.4 is 5.46 Å². The zero-order valence-electron chi connectivity index (χ0n) is 13.8. The highest BCUT2D eigenvalue weighted by molar-refractivity contribution is 6.63. The summed E-state index contributed by atoms with van der Waals surface area (Å²) < 4.78 is 18.4. The maximum atomic E-state index is 11.4. The molecule has 0 atom stereocenters. The Morgan fingerprint density at radius 2 is 1.76 bits per heavy atom. The van der Waals surface area contributed by atoms with Crippen molar-refractivity contribution in [1.29, 1.82) is 0 Å². The topological polar surface area (TPSA) is 62.6 Å². The quantitative estimate of drug-likeness (QED) is 0.614. The number of ether oxygens (including phenoxy) is 1. The Balaban J connectivity index is 2.32. The lowest BCUT2D eigenvalue weighted by Crippen LogP contribution is -2.41. The average molecular weight is 294 g/mol. The number of methoxy groups -OCH3 is 1. The van der Waals surface area contributed by atoms with E-state index in [1.165, 1.54) is 7.11 Å². The zero-order valence-corrected chi connectivity index (χ0v) is 13.8. The molecule has 0 spiro atoms. The molecule has 7 heteroatoms. The minimum Gasteiger partial charge on any atom is -0.468 e. The number of nitrogens with zero attached hydrogens (tertiary/aromatic N) is 2. The molecule has 6 nitrogen and oxygen atoms in total. The van der Waals surface area contributed by atoms with Crippen LogP contribution in [-0.2, 0) is 25.4 Å². The summed E-state index contributed by atoms with van der Waals surface area (Å²) in [6.07, 6.45) is 0. The largest absolute Gasteiger partial charge is 0.498 e. The Kier molecular flexibility index (Phi) is 3.93. The average Bonchev–Trinajstić information content (AvgIpc) is 2.73. The summed E-state index contributed by atoms with van der Waals surface area (Å²) in [7, 11) is 0.893. The summed E-state index contributed by atoms with van der Waals surface area (Å²) in [5, 5.41) is 4.39. The minimum atomic E-state index is -0.471. The van der Waals surface area contributed by atoms with E-state index < -0.39 is 18.3 Å². The molecule has 1 fully saturated rings. The maximum absolute atomic E-state index is 11.4. The number of esters is 1. The molecule has 21 heavy (non-hydrogen) atoms. The Morgan fingerprint density at radius 1 is 1.24 bits per heavy atom. The second kappa shape index (κ2) is 5.14. The monoisotopic (exact) mass is 294 g/mol. The molecule has 0 amide bonds. The van der Waals surface area contributed by atoms with Crippen LogP contribution in [0.2, 0.25) is 0 Å². The van der Waals surface area contributed by atoms with Gasteiger partial charge in [0.05, 0.1) is 24.0 Å². The van der Waals surface area contributed by atoms with Crippen LogP contribution in [0.1, 0.15) is 39.1 Å². The number of aryl methyl sites for hydroxylation is 1. The van der Waals surface area contributed by atoms with Crippen LogP contribution in [0.25, 0.3) is 0 Å². The van der Waals surface area contributed by atoms with E-state index in [4.69, 9.17) is 9.31 Å². The number of hydrogen-bond donors (Lipinski definition) is 0. The van der Waals surface area contributed by atoms with Gasteiger partial charge in [-0.25, -0.2) is 0 Å². The van der Waals surface area contributed by atoms with E-state index in [0.29, 0.717) is 0 Å². The van der Waals surface area contributed by atoms with E-state index in [-0.39, 0.29) is 12.5 Å². The van der Waals surface area contributed by atoms with Crippen molar-refractivity contribution < 1.29 is 18.8 Å². The molecule has 0 aliphatic carbocycles. The molecule has 1 saturated heterocycles. The van der Waals surface area contributed by atoms with Gasteiger partial charge in [0.25, 0.3) is 0 Å². The first-order valence-electron chi connectivity index (χ1n) is 7.05. The second-order valence-electron chi connectivity index (χ2n) is 6.41. The highest BCUT2D eigenvalue weighted by Crippen LogP contribution is 2.36. The Morgan fingerprint density at radius 3 is 2.24 bits per heavy atom. The standard InChI is InChI=1S/C14H23BN2O4/c1-9-12(10(2)17(16-9)8-11(18)19-7)15-20-13(3,4)14(5,6)21-15/h8H2,1-7H3. The molecule has 2 rings (SSSR count). The number of carbonyl (C=O) groups excluding carboxylic acids is 1. The fourth-order valence-corrected chi connectivity index (χ4v) is 2.35. The third-order valence-corrected chi connectivity index (χ3v) is 4.43. The summed E-state index contributed by atoms with van der Waals surface area (Å²) in [6, 6.07) is 0. The molecular weight excluding hydrogens is 271 g/mol. The van der Waals surface area contributed by atoms with E-state index in [1.54, 1.807) is 4.68 Å². The van der Waals surface area contributed by atoms with Crippen LogP contribution in [0.5, 0.6) is 0 Å². The summed E-state index contributed by atoms with van der Waals surface area (Å²) in [6.45, 7) is 11.9. The molecule has 0 saturated carbocycles. The first kappa shape index (κ1) is 16.0. The molecule has 0 bridgehead atoms. The van der Waals surface area contributed by atoms with Gasteiger partial charge in [-0.05, 0) is 41.5 Å². The number of hydrogen-bond acceptors (Lipinski definition) is 5. The van der Waals surface area contributed by atoms with Gasteiger partial charge < -0.3 is 14.0 Å². The molecule has 1 aromatic rings. The predicted molar refractivity (Wildman–Crippen MR) is 79.4 cm³/mol. The predicted octanol–water partition coefficient (Wildman–Crippen LogP) is 0.972. The van der Waals surface area contributed by atoms with Crippen LogP contribution in [-0.4, -0.2) is 41.2 Å². The molecule has 1 aliphatic rings. The lowest BCUT2D eigenvalue weighted by Gasteiger charge is -2.32. The summed E-state index contributed by atoms with van der Waals surface area (Å²) in [5.41, 5.74) is 1.74. The Labute approximate surface area is 125 Å². The lowest BCUT2D eigenvalue weighted by molar-refractivity contribution is -0.141. The number of carbonyl (C=O) groups is 1. The van der Waals surface area contributed by atoms with Crippen molar-refractivity contribution in [3.05, 3.63) is 11.4 Å². The molecule has 1 aromatic heterocycles. The van der Waals surface area contributed by atoms with Crippen LogP contribution >= 0.6 is 0 Å². The van der Waals surface area contributed by atoms with E-state index in [9.17, 15) is 4.79 Å². The number of rotatable bonds is 3. The van der Waals surface area contributed by atoms with Crippen LogP contribution in [0.15, 0.2) is 0 Å². The first-order chi connectivity index (χ1) is 9.59. The Hall–Kier alpha value is -1.34. The normalized spacial score (nSPS) is 19.9. The van der Waals surface area contributed by atoms with Crippen molar-refractivity contribution in [3.8, 4) is 0 Å². The summed E-state index contributed by atoms with van der Waals surface area (Å²) in [4.78, 5) is 11.4. The molecule has 0 radical (unpaired) electrons. The van der Waals surface area contributed by atoms with Gasteiger partial charge in [0.2, 0.25) is 0 Å². The summed E-state index contributed by atoms with van der Waals surface area (Å²) >= 11 is 0. The highest BCUT2D eigenvalue weighted by Gasteiger charge is 2.53. The van der Waals surface area contributed by atoms with Gasteiger partial charge in [0, 0.05) is 11.2 Å². The van der Waals surface area contributed by atoms with Crippen LogP contribution in [0, 0.1) is 13.8 Å². The lowest BCUT2D eigenvalue weighted by atomic mass is 9.77. The van der Waals surface area contributed by atoms with Crippen LogP contribution in [0.4, 0.5) is 0 Å². The number of aromatic nitrogens is 2. The maximum Gasteiger partial charge on any atom is 0.498 e. The second-order valence-corrected chi connectivity index (χ2v) is 6.41. The molecule has 1 aliphatic heterocycles. The smallest absolute Gasteiger partial charge is 0.468 e. The Bertz CT molecular complexity index is 550. The molecule has 0 unspecified atom stereocenters. The van der Waals surface area contributed by atoms with Gasteiger partial charge in [-0.1, -0.05) is 0 Å². The van der Waals surface area contributed by atoms with Gasteiger partial charge in [-0.3, -0.25) is 9.48 Å². The first-order valence-corrected chi connectivity index (χ1v) is 7.05. The third-order valence-electron chi connectivity index (χ3n) is 4.43.